The zero-order valence-electron chi connectivity index (χ0n) is 10.4. The molecule has 1 nitrogen and oxygen atoms in total. The number of hydrogen-bond donors (Lipinski definition) is 1. The Morgan fingerprint density at radius 3 is 2.67 bits per heavy atom. The van der Waals surface area contributed by atoms with Crippen molar-refractivity contribution in [3.05, 3.63) is 35.4 Å². The van der Waals surface area contributed by atoms with E-state index in [9.17, 15) is 13.2 Å². The molecule has 100 valence electrons. The summed E-state index contributed by atoms with van der Waals surface area (Å²) < 4.78 is 37.6. The highest BCUT2D eigenvalue weighted by Crippen LogP contribution is 2.33. The molecule has 0 aliphatic heterocycles. The number of halogens is 3. The summed E-state index contributed by atoms with van der Waals surface area (Å²) in [6, 6.07) is 5.89. The normalized spacial score (nSPS) is 17.8. The van der Waals surface area contributed by atoms with Crippen LogP contribution in [0.5, 0.6) is 0 Å². The van der Waals surface area contributed by atoms with Crippen LogP contribution in [0.15, 0.2) is 24.3 Å². The van der Waals surface area contributed by atoms with Crippen LogP contribution >= 0.6 is 0 Å². The van der Waals surface area contributed by atoms with Gasteiger partial charge in [0, 0.05) is 12.6 Å². The first-order valence-corrected chi connectivity index (χ1v) is 6.34. The molecule has 1 saturated carbocycles. The molecule has 1 atom stereocenters. The van der Waals surface area contributed by atoms with Gasteiger partial charge in [-0.25, -0.2) is 0 Å². The van der Waals surface area contributed by atoms with Crippen LogP contribution in [0.2, 0.25) is 0 Å². The molecule has 2 rings (SSSR count). The molecule has 1 unspecified atom stereocenters. The largest absolute Gasteiger partial charge is 0.416 e. The molecule has 0 saturated heterocycles. The Labute approximate surface area is 105 Å². The van der Waals surface area contributed by atoms with E-state index in [0.717, 1.165) is 18.4 Å². The molecule has 4 heteroatoms. The van der Waals surface area contributed by atoms with Gasteiger partial charge in [-0.2, -0.15) is 13.2 Å². The fraction of sp³-hybridized carbons (Fsp3) is 0.571. The standard InChI is InChI=1S/C14H18F3N/c1-10(7-11-5-6-11)18-9-12-3-2-4-13(8-12)14(15,16)17/h2-4,8,10-11,18H,5-7,9H2,1H3. The van der Waals surface area contributed by atoms with Gasteiger partial charge in [0.05, 0.1) is 5.56 Å². The Hall–Kier alpha value is -1.03. The molecule has 18 heavy (non-hydrogen) atoms. The SMILES string of the molecule is CC(CC1CC1)NCc1cccc(C(F)(F)F)c1. The van der Waals surface area contributed by atoms with E-state index in [1.165, 1.54) is 25.0 Å². The monoisotopic (exact) mass is 257 g/mol. The molecule has 1 aliphatic rings. The van der Waals surface area contributed by atoms with Crippen molar-refractivity contribution >= 4 is 0 Å². The van der Waals surface area contributed by atoms with E-state index in [2.05, 4.69) is 12.2 Å². The van der Waals surface area contributed by atoms with Gasteiger partial charge in [0.15, 0.2) is 0 Å². The van der Waals surface area contributed by atoms with Gasteiger partial charge >= 0.3 is 6.18 Å². The van der Waals surface area contributed by atoms with Crippen LogP contribution in [0, 0.1) is 5.92 Å². The zero-order valence-corrected chi connectivity index (χ0v) is 10.4. The maximum Gasteiger partial charge on any atom is 0.416 e. The van der Waals surface area contributed by atoms with Crippen LogP contribution in [0.1, 0.15) is 37.3 Å². The number of rotatable bonds is 5. The van der Waals surface area contributed by atoms with Gasteiger partial charge in [-0.3, -0.25) is 0 Å². The second-order valence-electron chi connectivity index (χ2n) is 5.16. The maximum absolute atomic E-state index is 12.5. The molecule has 1 aromatic carbocycles. The Morgan fingerprint density at radius 2 is 2.06 bits per heavy atom. The van der Waals surface area contributed by atoms with E-state index in [1.807, 2.05) is 0 Å². The summed E-state index contributed by atoms with van der Waals surface area (Å²) in [7, 11) is 0. The highest BCUT2D eigenvalue weighted by molar-refractivity contribution is 5.25. The Bertz CT molecular complexity index is 396. The highest BCUT2D eigenvalue weighted by atomic mass is 19.4. The summed E-state index contributed by atoms with van der Waals surface area (Å²) in [5.41, 5.74) is 0.115. The smallest absolute Gasteiger partial charge is 0.310 e. The van der Waals surface area contributed by atoms with Crippen LogP contribution in [0.25, 0.3) is 0 Å². The van der Waals surface area contributed by atoms with Crippen molar-refractivity contribution in [3.63, 3.8) is 0 Å². The fourth-order valence-electron chi connectivity index (χ4n) is 2.09. The molecule has 0 amide bonds. The predicted molar refractivity (Wildman–Crippen MR) is 65.1 cm³/mol. The lowest BCUT2D eigenvalue weighted by molar-refractivity contribution is -0.137. The third-order valence-corrected chi connectivity index (χ3v) is 3.29. The van der Waals surface area contributed by atoms with Gasteiger partial charge in [0.2, 0.25) is 0 Å². The van der Waals surface area contributed by atoms with Gasteiger partial charge in [0.25, 0.3) is 0 Å². The van der Waals surface area contributed by atoms with Gasteiger partial charge in [-0.05, 0) is 30.9 Å². The number of alkyl halides is 3. The summed E-state index contributed by atoms with van der Waals surface area (Å²) in [5.74, 6) is 0.828. The number of nitrogens with one attached hydrogen (secondary N) is 1. The Kier molecular flexibility index (Phi) is 3.95. The third kappa shape index (κ3) is 4.02. The summed E-state index contributed by atoms with van der Waals surface area (Å²) in [6.07, 6.45) is -0.528. The fourth-order valence-corrected chi connectivity index (χ4v) is 2.09. The molecule has 1 aliphatic carbocycles. The summed E-state index contributed by atoms with van der Waals surface area (Å²) in [4.78, 5) is 0. The minimum Gasteiger partial charge on any atom is -0.310 e. The first-order valence-electron chi connectivity index (χ1n) is 6.34. The average Bonchev–Trinajstić information content (AvgIpc) is 3.10. The van der Waals surface area contributed by atoms with Crippen LogP contribution in [0.4, 0.5) is 13.2 Å². The van der Waals surface area contributed by atoms with Crippen molar-refractivity contribution in [1.29, 1.82) is 0 Å². The van der Waals surface area contributed by atoms with Gasteiger partial charge < -0.3 is 5.32 Å². The lowest BCUT2D eigenvalue weighted by atomic mass is 10.1. The summed E-state index contributed by atoms with van der Waals surface area (Å²) in [5, 5.41) is 3.28. The lowest BCUT2D eigenvalue weighted by Gasteiger charge is -2.14. The predicted octanol–water partition coefficient (Wildman–Crippen LogP) is 3.98. The molecule has 1 N–H and O–H groups in total. The second-order valence-corrected chi connectivity index (χ2v) is 5.16. The third-order valence-electron chi connectivity index (χ3n) is 3.29. The van der Waals surface area contributed by atoms with Crippen LogP contribution < -0.4 is 5.32 Å². The topological polar surface area (TPSA) is 12.0 Å². The molecule has 0 radical (unpaired) electrons. The van der Waals surface area contributed by atoms with Crippen molar-refractivity contribution in [3.8, 4) is 0 Å². The van der Waals surface area contributed by atoms with E-state index < -0.39 is 11.7 Å². The number of hydrogen-bond acceptors (Lipinski definition) is 1. The molecule has 1 fully saturated rings. The van der Waals surface area contributed by atoms with E-state index in [1.54, 1.807) is 6.07 Å². The van der Waals surface area contributed by atoms with Gasteiger partial charge in [-0.1, -0.05) is 31.0 Å². The van der Waals surface area contributed by atoms with Gasteiger partial charge in [0.1, 0.15) is 0 Å². The van der Waals surface area contributed by atoms with Crippen molar-refractivity contribution < 1.29 is 13.2 Å². The Morgan fingerprint density at radius 1 is 1.33 bits per heavy atom. The molecule has 0 heterocycles. The van der Waals surface area contributed by atoms with E-state index in [0.29, 0.717) is 18.2 Å². The van der Waals surface area contributed by atoms with Crippen molar-refractivity contribution in [1.82, 2.24) is 5.32 Å². The molecule has 0 aromatic heterocycles. The zero-order chi connectivity index (χ0) is 13.2. The highest BCUT2D eigenvalue weighted by Gasteiger charge is 2.30. The van der Waals surface area contributed by atoms with Gasteiger partial charge in [-0.15, -0.1) is 0 Å². The minimum absolute atomic E-state index is 0.368. The quantitative estimate of drug-likeness (QED) is 0.841. The molecule has 0 spiro atoms. The van der Waals surface area contributed by atoms with Crippen molar-refractivity contribution in [2.45, 2.75) is 44.9 Å². The first kappa shape index (κ1) is 13.4. The maximum atomic E-state index is 12.5. The molecule has 0 bridgehead atoms. The summed E-state index contributed by atoms with van der Waals surface area (Å²) in [6.45, 7) is 2.59. The first-order chi connectivity index (χ1) is 8.45. The van der Waals surface area contributed by atoms with Crippen molar-refractivity contribution in [2.75, 3.05) is 0 Å². The van der Waals surface area contributed by atoms with Crippen molar-refractivity contribution in [2.24, 2.45) is 5.92 Å². The molecule has 1 aromatic rings. The minimum atomic E-state index is -4.25. The van der Waals surface area contributed by atoms with Crippen LogP contribution in [0.3, 0.4) is 0 Å². The van der Waals surface area contributed by atoms with Crippen LogP contribution in [-0.2, 0) is 12.7 Å². The van der Waals surface area contributed by atoms with E-state index >= 15 is 0 Å². The van der Waals surface area contributed by atoms with Crippen LogP contribution in [-0.4, -0.2) is 6.04 Å². The van der Waals surface area contributed by atoms with E-state index in [4.69, 9.17) is 0 Å². The summed E-state index contributed by atoms with van der Waals surface area (Å²) >= 11 is 0. The Balaban J connectivity index is 1.88. The molecular weight excluding hydrogens is 239 g/mol. The number of benzene rings is 1. The lowest BCUT2D eigenvalue weighted by Crippen LogP contribution is -2.26. The average molecular weight is 257 g/mol. The second kappa shape index (κ2) is 5.31. The van der Waals surface area contributed by atoms with E-state index in [-0.39, 0.29) is 0 Å². The molecular formula is C14H18F3N.